The molecule has 4 bridgehead atoms. The van der Waals surface area contributed by atoms with Crippen molar-refractivity contribution in [3.05, 3.63) is 35.9 Å². The Morgan fingerprint density at radius 3 is 2.27 bits per heavy atom. The highest BCUT2D eigenvalue weighted by Gasteiger charge is 2.61. The number of nitrogens with zero attached hydrogens (tertiary/aromatic N) is 1. The van der Waals surface area contributed by atoms with Crippen LogP contribution in [0.15, 0.2) is 30.3 Å². The Morgan fingerprint density at radius 1 is 1.12 bits per heavy atom. The molecule has 4 saturated carbocycles. The maximum Gasteiger partial charge on any atom is 0.313 e. The molecule has 0 saturated heterocycles. The van der Waals surface area contributed by atoms with Gasteiger partial charge in [0.1, 0.15) is 0 Å². The maximum atomic E-state index is 13.3. The zero-order valence-electron chi connectivity index (χ0n) is 15.4. The summed E-state index contributed by atoms with van der Waals surface area (Å²) >= 11 is 3.94. The van der Waals surface area contributed by atoms with Crippen molar-refractivity contribution in [2.24, 2.45) is 17.3 Å². The summed E-state index contributed by atoms with van der Waals surface area (Å²) in [5.74, 6) is 0.827. The van der Waals surface area contributed by atoms with Gasteiger partial charge < -0.3 is 9.64 Å². The lowest BCUT2D eigenvalue weighted by Gasteiger charge is -2.59. The summed E-state index contributed by atoms with van der Waals surface area (Å²) in [4.78, 5) is 27.5. The van der Waals surface area contributed by atoms with Gasteiger partial charge in [0.25, 0.3) is 5.91 Å². The number of esters is 1. The second kappa shape index (κ2) is 6.36. The van der Waals surface area contributed by atoms with E-state index in [0.717, 1.165) is 37.7 Å². The molecule has 140 valence electrons. The van der Waals surface area contributed by atoms with Gasteiger partial charge >= 0.3 is 5.97 Å². The number of amides is 1. The maximum absolute atomic E-state index is 13.3. The molecule has 4 aliphatic carbocycles. The number of carbonyl (C=O) groups is 2. The van der Waals surface area contributed by atoms with Gasteiger partial charge in [0.2, 0.25) is 6.10 Å². The van der Waals surface area contributed by atoms with E-state index in [1.165, 1.54) is 11.3 Å². The Labute approximate surface area is 163 Å². The van der Waals surface area contributed by atoms with Crippen molar-refractivity contribution in [1.29, 1.82) is 0 Å². The first-order valence-electron chi connectivity index (χ1n) is 9.46. The number of benzene rings is 1. The lowest BCUT2D eigenvalue weighted by atomic mass is 9.49. The first kappa shape index (κ1) is 18.0. The standard InChI is InChI=1S/C21H26BrNO3/c1-23(2)18(24)17(16-6-4-3-5-7-16)26-19(25)20-9-14-8-15(10-20)12-21(22,11-14)13-20/h3-7,14-15,17H,8-13H2,1-2H3/t14-,15+,17-,20?,21?/m1/s1. The van der Waals surface area contributed by atoms with Gasteiger partial charge in [-0.05, 0) is 50.4 Å². The Bertz CT molecular complexity index is 703. The molecule has 5 heteroatoms. The van der Waals surface area contributed by atoms with Gasteiger partial charge in [0.15, 0.2) is 0 Å². The van der Waals surface area contributed by atoms with Crippen LogP contribution in [0.4, 0.5) is 0 Å². The summed E-state index contributed by atoms with van der Waals surface area (Å²) in [6, 6.07) is 9.35. The third-order valence-corrected chi connectivity index (χ3v) is 7.34. The molecule has 4 fully saturated rings. The number of hydrogen-bond acceptors (Lipinski definition) is 3. The molecule has 4 aliphatic rings. The van der Waals surface area contributed by atoms with Gasteiger partial charge in [-0.3, -0.25) is 9.59 Å². The summed E-state index contributed by atoms with van der Waals surface area (Å²) in [5.41, 5.74) is 0.311. The Balaban J connectivity index is 1.60. The molecule has 2 unspecified atom stereocenters. The van der Waals surface area contributed by atoms with Crippen molar-refractivity contribution in [1.82, 2.24) is 4.90 Å². The molecule has 1 aromatic rings. The number of carbonyl (C=O) groups excluding carboxylic acids is 2. The number of halogens is 1. The average molecular weight is 420 g/mol. The minimum atomic E-state index is -0.863. The molecule has 26 heavy (non-hydrogen) atoms. The van der Waals surface area contributed by atoms with E-state index in [-0.39, 0.29) is 16.2 Å². The third-order valence-electron chi connectivity index (χ3n) is 6.41. The molecular formula is C21H26BrNO3. The second-order valence-corrected chi connectivity index (χ2v) is 10.5. The fraction of sp³-hybridized carbons (Fsp3) is 0.619. The average Bonchev–Trinajstić information content (AvgIpc) is 2.57. The summed E-state index contributed by atoms with van der Waals surface area (Å²) in [5, 5.41) is 0. The van der Waals surface area contributed by atoms with Crippen LogP contribution >= 0.6 is 15.9 Å². The minimum Gasteiger partial charge on any atom is -0.447 e. The lowest BCUT2D eigenvalue weighted by molar-refractivity contribution is -0.179. The topological polar surface area (TPSA) is 46.6 Å². The van der Waals surface area contributed by atoms with Gasteiger partial charge in [-0.25, -0.2) is 0 Å². The van der Waals surface area contributed by atoms with E-state index in [1.807, 2.05) is 30.3 Å². The zero-order chi connectivity index (χ0) is 18.5. The predicted molar refractivity (Wildman–Crippen MR) is 103 cm³/mol. The van der Waals surface area contributed by atoms with Crippen molar-refractivity contribution in [2.75, 3.05) is 14.1 Å². The van der Waals surface area contributed by atoms with E-state index in [4.69, 9.17) is 4.74 Å². The van der Waals surface area contributed by atoms with E-state index in [9.17, 15) is 9.59 Å². The number of rotatable bonds is 4. The fourth-order valence-corrected chi connectivity index (χ4v) is 7.20. The fourth-order valence-electron chi connectivity index (χ4n) is 5.74. The highest BCUT2D eigenvalue weighted by atomic mass is 79.9. The van der Waals surface area contributed by atoms with Gasteiger partial charge in [-0.15, -0.1) is 0 Å². The number of alkyl halides is 1. The molecule has 0 heterocycles. The van der Waals surface area contributed by atoms with E-state index in [0.29, 0.717) is 11.8 Å². The van der Waals surface area contributed by atoms with E-state index < -0.39 is 11.5 Å². The number of likely N-dealkylation sites (N-methyl/N-ethyl adjacent to an activating group) is 1. The quantitative estimate of drug-likeness (QED) is 0.545. The Kier molecular flexibility index (Phi) is 4.41. The third kappa shape index (κ3) is 3.08. The van der Waals surface area contributed by atoms with E-state index >= 15 is 0 Å². The molecular weight excluding hydrogens is 394 g/mol. The molecule has 5 atom stereocenters. The molecule has 0 aliphatic heterocycles. The first-order chi connectivity index (χ1) is 12.3. The highest BCUT2D eigenvalue weighted by Crippen LogP contribution is 2.64. The molecule has 0 radical (unpaired) electrons. The molecule has 0 aromatic heterocycles. The SMILES string of the molecule is CN(C)C(=O)[C@H](OC(=O)C12C[C@@H]3C[C@@H](CC(Br)(C3)C1)C2)c1ccccc1. The second-order valence-electron chi connectivity index (χ2n) is 8.82. The first-order valence-corrected chi connectivity index (χ1v) is 10.3. The number of ether oxygens (including phenoxy) is 1. The van der Waals surface area contributed by atoms with E-state index in [2.05, 4.69) is 15.9 Å². The Hall–Kier alpha value is -1.36. The van der Waals surface area contributed by atoms with Crippen LogP contribution in [0.25, 0.3) is 0 Å². The lowest BCUT2D eigenvalue weighted by Crippen LogP contribution is -2.56. The van der Waals surface area contributed by atoms with Crippen LogP contribution in [-0.4, -0.2) is 35.2 Å². The normalized spacial score (nSPS) is 35.8. The van der Waals surface area contributed by atoms with Gasteiger partial charge in [0, 0.05) is 24.0 Å². The molecule has 5 rings (SSSR count). The van der Waals surface area contributed by atoms with Crippen molar-refractivity contribution in [2.45, 2.75) is 49.0 Å². The zero-order valence-corrected chi connectivity index (χ0v) is 17.0. The van der Waals surface area contributed by atoms with Crippen molar-refractivity contribution in [3.8, 4) is 0 Å². The Morgan fingerprint density at radius 2 is 1.73 bits per heavy atom. The summed E-state index contributed by atoms with van der Waals surface area (Å²) in [6.07, 6.45) is 5.36. The van der Waals surface area contributed by atoms with Crippen molar-refractivity contribution < 1.29 is 14.3 Å². The molecule has 1 amide bonds. The summed E-state index contributed by atoms with van der Waals surface area (Å²) < 4.78 is 6.03. The number of hydrogen-bond donors (Lipinski definition) is 0. The van der Waals surface area contributed by atoms with Crippen LogP contribution < -0.4 is 0 Å². The van der Waals surface area contributed by atoms with Crippen molar-refractivity contribution >= 4 is 27.8 Å². The van der Waals surface area contributed by atoms with Crippen LogP contribution in [0, 0.1) is 17.3 Å². The van der Waals surface area contributed by atoms with Crippen LogP contribution in [0.3, 0.4) is 0 Å². The minimum absolute atomic E-state index is 0.0872. The largest absolute Gasteiger partial charge is 0.447 e. The smallest absolute Gasteiger partial charge is 0.313 e. The van der Waals surface area contributed by atoms with Gasteiger partial charge in [0.05, 0.1) is 5.41 Å². The molecule has 0 spiro atoms. The van der Waals surface area contributed by atoms with Gasteiger partial charge in [-0.2, -0.15) is 0 Å². The molecule has 0 N–H and O–H groups in total. The van der Waals surface area contributed by atoms with Gasteiger partial charge in [-0.1, -0.05) is 46.3 Å². The molecule has 4 nitrogen and oxygen atoms in total. The van der Waals surface area contributed by atoms with Crippen molar-refractivity contribution in [3.63, 3.8) is 0 Å². The van der Waals surface area contributed by atoms with E-state index in [1.54, 1.807) is 14.1 Å². The van der Waals surface area contributed by atoms with Crippen LogP contribution in [-0.2, 0) is 14.3 Å². The summed E-state index contributed by atoms with van der Waals surface area (Å²) in [6.45, 7) is 0. The highest BCUT2D eigenvalue weighted by molar-refractivity contribution is 9.10. The predicted octanol–water partition coefficient (Wildman–Crippen LogP) is 4.09. The van der Waals surface area contributed by atoms with Crippen LogP contribution in [0.2, 0.25) is 0 Å². The van der Waals surface area contributed by atoms with Crippen LogP contribution in [0.5, 0.6) is 0 Å². The summed E-state index contributed by atoms with van der Waals surface area (Å²) in [7, 11) is 3.40. The van der Waals surface area contributed by atoms with Crippen LogP contribution in [0.1, 0.15) is 50.2 Å². The monoisotopic (exact) mass is 419 g/mol. The molecule has 1 aromatic carbocycles.